The molecule has 1 aliphatic rings. The molecule has 1 aliphatic heterocycles. The van der Waals surface area contributed by atoms with Crippen LogP contribution in [0, 0.1) is 5.92 Å². The number of nitrogens with zero attached hydrogens (tertiary/aromatic N) is 2. The number of sulfonamides is 1. The molecule has 0 atom stereocenters. The molecular weight excluding hydrogens is 390 g/mol. The molecule has 0 spiro atoms. The average molecular weight is 406 g/mol. The van der Waals surface area contributed by atoms with Gasteiger partial charge in [0.1, 0.15) is 0 Å². The Morgan fingerprint density at radius 3 is 2.67 bits per heavy atom. The molecule has 10 heteroatoms. The normalized spacial score (nSPS) is 17.1. The lowest BCUT2D eigenvalue weighted by Crippen LogP contribution is -2.40. The van der Waals surface area contributed by atoms with Crippen LogP contribution >= 0.6 is 34.3 Å². The minimum atomic E-state index is -3.18. The van der Waals surface area contributed by atoms with Gasteiger partial charge >= 0.3 is 0 Å². The first-order chi connectivity index (χ1) is 11.3. The molecule has 3 heterocycles. The smallest absolute Gasteiger partial charge is 0.229 e. The molecule has 2 aromatic heterocycles. The van der Waals surface area contributed by atoms with E-state index in [0.717, 1.165) is 10.6 Å². The molecule has 3 rings (SSSR count). The molecular formula is C14H16ClN3O3S3. The summed E-state index contributed by atoms with van der Waals surface area (Å²) in [6, 6.07) is 3.71. The number of hydrogen-bond acceptors (Lipinski definition) is 6. The zero-order chi connectivity index (χ0) is 17.3. The zero-order valence-electron chi connectivity index (χ0n) is 12.9. The highest BCUT2D eigenvalue weighted by atomic mass is 35.5. The highest BCUT2D eigenvalue weighted by Crippen LogP contribution is 2.33. The van der Waals surface area contributed by atoms with E-state index in [2.05, 4.69) is 10.3 Å². The molecule has 1 amide bonds. The van der Waals surface area contributed by atoms with E-state index in [9.17, 15) is 13.2 Å². The highest BCUT2D eigenvalue weighted by molar-refractivity contribution is 7.88. The number of carbonyl (C=O) groups excluding carboxylic acids is 1. The maximum absolute atomic E-state index is 12.3. The number of hydrogen-bond donors (Lipinski definition) is 1. The lowest BCUT2D eigenvalue weighted by Gasteiger charge is -2.29. The van der Waals surface area contributed by atoms with Gasteiger partial charge in [-0.25, -0.2) is 17.7 Å². The number of anilines is 1. The lowest BCUT2D eigenvalue weighted by molar-refractivity contribution is -0.120. The van der Waals surface area contributed by atoms with E-state index in [1.807, 2.05) is 17.5 Å². The first-order valence-corrected chi connectivity index (χ1v) is 11.2. The summed E-state index contributed by atoms with van der Waals surface area (Å²) in [4.78, 5) is 17.7. The number of halogens is 1. The van der Waals surface area contributed by atoms with Gasteiger partial charge < -0.3 is 5.32 Å². The number of carbonyl (C=O) groups is 1. The maximum Gasteiger partial charge on any atom is 0.229 e. The first-order valence-electron chi connectivity index (χ1n) is 7.30. The third-order valence-electron chi connectivity index (χ3n) is 3.85. The molecule has 2 aromatic rings. The van der Waals surface area contributed by atoms with Gasteiger partial charge in [0, 0.05) is 24.4 Å². The van der Waals surface area contributed by atoms with E-state index >= 15 is 0 Å². The van der Waals surface area contributed by atoms with Crippen molar-refractivity contribution < 1.29 is 13.2 Å². The molecule has 0 aliphatic carbocycles. The Balaban J connectivity index is 1.59. The summed E-state index contributed by atoms with van der Waals surface area (Å²) in [6.45, 7) is 0.765. The molecule has 0 aromatic carbocycles. The predicted octanol–water partition coefficient (Wildman–Crippen LogP) is 3.14. The molecule has 0 bridgehead atoms. The van der Waals surface area contributed by atoms with Crippen LogP contribution in [0.4, 0.5) is 5.13 Å². The van der Waals surface area contributed by atoms with Crippen LogP contribution in [0.2, 0.25) is 4.34 Å². The van der Waals surface area contributed by atoms with Crippen LogP contribution in [0.25, 0.3) is 10.6 Å². The van der Waals surface area contributed by atoms with Gasteiger partial charge in [-0.2, -0.15) is 0 Å². The second kappa shape index (κ2) is 7.09. The third-order valence-corrected chi connectivity index (χ3v) is 7.17. The van der Waals surface area contributed by atoms with E-state index in [1.165, 1.54) is 33.2 Å². The fourth-order valence-corrected chi connectivity index (χ4v) is 5.22. The van der Waals surface area contributed by atoms with Crippen molar-refractivity contribution in [2.45, 2.75) is 12.8 Å². The highest BCUT2D eigenvalue weighted by Gasteiger charge is 2.29. The summed E-state index contributed by atoms with van der Waals surface area (Å²) in [5.74, 6) is -0.292. The second-order valence-corrected chi connectivity index (χ2v) is 10.1. The monoisotopic (exact) mass is 405 g/mol. The quantitative estimate of drug-likeness (QED) is 0.847. The maximum atomic E-state index is 12.3. The number of nitrogens with one attached hydrogen (secondary N) is 1. The Morgan fingerprint density at radius 2 is 2.08 bits per heavy atom. The summed E-state index contributed by atoms with van der Waals surface area (Å²) >= 11 is 8.73. The van der Waals surface area contributed by atoms with Gasteiger partial charge in [0.25, 0.3) is 0 Å². The number of amides is 1. The SMILES string of the molecule is CS(=O)(=O)N1CCC(C(=O)Nc2nc(-c3ccc(Cl)s3)cs2)CC1. The number of thiophene rings is 1. The van der Waals surface area contributed by atoms with Crippen LogP contribution in [0.3, 0.4) is 0 Å². The minimum absolute atomic E-state index is 0.103. The van der Waals surface area contributed by atoms with Crippen molar-refractivity contribution in [2.24, 2.45) is 5.92 Å². The van der Waals surface area contributed by atoms with Gasteiger partial charge in [-0.3, -0.25) is 4.79 Å². The standard InChI is InChI=1S/C14H16ClN3O3S3/c1-24(20,21)18-6-4-9(5-7-18)13(19)17-14-16-10(8-22-14)11-2-3-12(15)23-11/h2-3,8-9H,4-7H2,1H3,(H,16,17,19). The van der Waals surface area contributed by atoms with Crippen LogP contribution in [-0.4, -0.2) is 43.0 Å². The number of aromatic nitrogens is 1. The molecule has 1 fully saturated rings. The molecule has 0 radical (unpaired) electrons. The van der Waals surface area contributed by atoms with Gasteiger partial charge in [0.05, 0.1) is 21.2 Å². The van der Waals surface area contributed by atoms with Crippen LogP contribution in [0.15, 0.2) is 17.5 Å². The van der Waals surface area contributed by atoms with E-state index in [4.69, 9.17) is 11.6 Å². The first kappa shape index (κ1) is 17.8. The van der Waals surface area contributed by atoms with Crippen LogP contribution in [0.1, 0.15) is 12.8 Å². The van der Waals surface area contributed by atoms with Crippen LogP contribution in [0.5, 0.6) is 0 Å². The van der Waals surface area contributed by atoms with Crippen LogP contribution < -0.4 is 5.32 Å². The minimum Gasteiger partial charge on any atom is -0.302 e. The average Bonchev–Trinajstić information content (AvgIpc) is 3.15. The Bertz CT molecular complexity index is 838. The molecule has 130 valence electrons. The van der Waals surface area contributed by atoms with Gasteiger partial charge in [-0.1, -0.05) is 11.6 Å². The lowest BCUT2D eigenvalue weighted by atomic mass is 9.97. The van der Waals surface area contributed by atoms with Crippen LogP contribution in [-0.2, 0) is 14.8 Å². The molecule has 1 saturated heterocycles. The third kappa shape index (κ3) is 4.15. The van der Waals surface area contributed by atoms with Crippen molar-refractivity contribution >= 4 is 55.3 Å². The predicted molar refractivity (Wildman–Crippen MR) is 98.2 cm³/mol. The van der Waals surface area contributed by atoms with Crippen molar-refractivity contribution in [2.75, 3.05) is 24.7 Å². The van der Waals surface area contributed by atoms with E-state index in [1.54, 1.807) is 0 Å². The number of rotatable bonds is 4. The van der Waals surface area contributed by atoms with Gasteiger partial charge in [-0.15, -0.1) is 22.7 Å². The summed E-state index contributed by atoms with van der Waals surface area (Å²) < 4.78 is 25.1. The topological polar surface area (TPSA) is 79.4 Å². The Labute approximate surface area is 153 Å². The summed E-state index contributed by atoms with van der Waals surface area (Å²) in [5, 5.41) is 5.26. The Hall–Kier alpha value is -1.000. The van der Waals surface area contributed by atoms with Crippen molar-refractivity contribution in [1.29, 1.82) is 0 Å². The number of thiazole rings is 1. The van der Waals surface area contributed by atoms with E-state index < -0.39 is 10.0 Å². The largest absolute Gasteiger partial charge is 0.302 e. The van der Waals surface area contributed by atoms with E-state index in [-0.39, 0.29) is 11.8 Å². The summed E-state index contributed by atoms with van der Waals surface area (Å²) in [5.41, 5.74) is 0.791. The zero-order valence-corrected chi connectivity index (χ0v) is 16.1. The Kier molecular flexibility index (Phi) is 5.26. The Morgan fingerprint density at radius 1 is 1.38 bits per heavy atom. The molecule has 0 saturated carbocycles. The summed E-state index contributed by atoms with van der Waals surface area (Å²) in [6.07, 6.45) is 2.25. The molecule has 1 N–H and O–H groups in total. The van der Waals surface area contributed by atoms with Gasteiger partial charge in [0.15, 0.2) is 5.13 Å². The van der Waals surface area contributed by atoms with Crippen molar-refractivity contribution in [1.82, 2.24) is 9.29 Å². The fourth-order valence-electron chi connectivity index (χ4n) is 2.55. The van der Waals surface area contributed by atoms with Crippen molar-refractivity contribution in [3.05, 3.63) is 21.8 Å². The second-order valence-electron chi connectivity index (χ2n) is 5.57. The van der Waals surface area contributed by atoms with E-state index in [0.29, 0.717) is 35.4 Å². The molecule has 24 heavy (non-hydrogen) atoms. The summed E-state index contributed by atoms with van der Waals surface area (Å²) in [7, 11) is -3.18. The fraction of sp³-hybridized carbons (Fsp3) is 0.429. The van der Waals surface area contributed by atoms with Crippen molar-refractivity contribution in [3.8, 4) is 10.6 Å². The van der Waals surface area contributed by atoms with Crippen molar-refractivity contribution in [3.63, 3.8) is 0 Å². The molecule has 6 nitrogen and oxygen atoms in total. The number of piperidine rings is 1. The van der Waals surface area contributed by atoms with Gasteiger partial charge in [-0.05, 0) is 25.0 Å². The van der Waals surface area contributed by atoms with Gasteiger partial charge in [0.2, 0.25) is 15.9 Å². The molecule has 0 unspecified atom stereocenters.